The van der Waals surface area contributed by atoms with E-state index in [1.807, 2.05) is 44.2 Å². The maximum Gasteiger partial charge on any atom is 0.306 e. The lowest BCUT2D eigenvalue weighted by molar-refractivity contribution is -0.147. The third-order valence-electron chi connectivity index (χ3n) is 10.6. The van der Waals surface area contributed by atoms with Crippen molar-refractivity contribution in [2.75, 3.05) is 31.8 Å². The Morgan fingerprint density at radius 2 is 1.86 bits per heavy atom. The number of nitrogens with zero attached hydrogens (tertiary/aromatic N) is 2. The molecule has 3 fully saturated rings. The lowest BCUT2D eigenvalue weighted by atomic mass is 9.70. The van der Waals surface area contributed by atoms with Gasteiger partial charge in [0.2, 0.25) is 11.8 Å². The Morgan fingerprint density at radius 3 is 2.48 bits per heavy atom. The molecular formula is C39H49N3O8. The molecule has 0 aliphatic carbocycles. The first-order chi connectivity index (χ1) is 24.1. The second kappa shape index (κ2) is 16.0. The number of aliphatic hydroxyl groups is 1. The Bertz CT molecular complexity index is 1550. The molecule has 3 aliphatic heterocycles. The summed E-state index contributed by atoms with van der Waals surface area (Å²) in [7, 11) is 1.56. The van der Waals surface area contributed by atoms with Crippen LogP contribution in [0.25, 0.3) is 0 Å². The molecule has 0 radical (unpaired) electrons. The van der Waals surface area contributed by atoms with E-state index >= 15 is 0 Å². The van der Waals surface area contributed by atoms with E-state index in [9.17, 15) is 24.3 Å². The molecule has 11 nitrogen and oxygen atoms in total. The van der Waals surface area contributed by atoms with Crippen molar-refractivity contribution in [2.45, 2.75) is 75.8 Å². The van der Waals surface area contributed by atoms with E-state index in [-0.39, 0.29) is 43.9 Å². The Labute approximate surface area is 294 Å². The number of nitrogens with one attached hydrogen (secondary N) is 1. The minimum absolute atomic E-state index is 0.0973. The van der Waals surface area contributed by atoms with Gasteiger partial charge < -0.3 is 34.4 Å². The van der Waals surface area contributed by atoms with Crippen molar-refractivity contribution in [1.82, 2.24) is 10.2 Å². The Hall–Kier alpha value is -4.48. The van der Waals surface area contributed by atoms with Crippen LogP contribution >= 0.6 is 0 Å². The standard InChI is InChI=1S/C39H49N3O8/c1-6-9-15-32(44)49-24-29(26-13-11-10-12-14-26)40-36(45)33-31-20-21-39(50-31)34(33)37(46)42(30(23-43)25(4)8-3)35(39)38(47)41(22-7-2)27-16-18-28(48-5)19-17-27/h6-7,10-14,16-19,25,29-31,33-35,43H,1-2,8-9,15,20-24H2,3-5H3,(H,40,45)/t25-,29+,30-,31-,33+,34+,35-,39+/m0/s1. The van der Waals surface area contributed by atoms with E-state index in [1.54, 1.807) is 48.4 Å². The molecule has 8 atom stereocenters. The molecule has 2 aromatic rings. The van der Waals surface area contributed by atoms with Crippen molar-refractivity contribution >= 4 is 29.4 Å². The van der Waals surface area contributed by atoms with Gasteiger partial charge in [0.15, 0.2) is 0 Å². The van der Waals surface area contributed by atoms with E-state index in [4.69, 9.17) is 14.2 Å². The number of amides is 3. The summed E-state index contributed by atoms with van der Waals surface area (Å²) < 4.78 is 17.6. The number of ether oxygens (including phenoxy) is 3. The first kappa shape index (κ1) is 36.8. The van der Waals surface area contributed by atoms with Crippen LogP contribution in [-0.2, 0) is 28.7 Å². The van der Waals surface area contributed by atoms with E-state index in [1.165, 1.54) is 4.90 Å². The Kier molecular flexibility index (Phi) is 11.8. The van der Waals surface area contributed by atoms with Gasteiger partial charge in [-0.25, -0.2) is 0 Å². The van der Waals surface area contributed by atoms with Gasteiger partial charge in [0.25, 0.3) is 5.91 Å². The van der Waals surface area contributed by atoms with Crippen LogP contribution in [-0.4, -0.2) is 84.4 Å². The fraction of sp³-hybridized carbons (Fsp3) is 0.487. The van der Waals surface area contributed by atoms with E-state index in [2.05, 4.69) is 18.5 Å². The quantitative estimate of drug-likeness (QED) is 0.185. The number of benzene rings is 2. The molecule has 3 aliphatic rings. The fourth-order valence-electron chi connectivity index (χ4n) is 7.85. The highest BCUT2D eigenvalue weighted by molar-refractivity contribution is 6.05. The van der Waals surface area contributed by atoms with Crippen LogP contribution in [0.15, 0.2) is 79.9 Å². The van der Waals surface area contributed by atoms with E-state index < -0.39 is 53.5 Å². The molecule has 0 aromatic heterocycles. The second-order valence-corrected chi connectivity index (χ2v) is 13.4. The summed E-state index contributed by atoms with van der Waals surface area (Å²) in [6.07, 6.45) is 4.83. The molecule has 0 saturated carbocycles. The number of rotatable bonds is 17. The number of methoxy groups -OCH3 is 1. The van der Waals surface area contributed by atoms with Crippen LogP contribution in [0.1, 0.15) is 57.6 Å². The summed E-state index contributed by atoms with van der Waals surface area (Å²) in [5, 5.41) is 13.8. The Morgan fingerprint density at radius 1 is 1.14 bits per heavy atom. The summed E-state index contributed by atoms with van der Waals surface area (Å²) in [6, 6.07) is 13.8. The predicted octanol–water partition coefficient (Wildman–Crippen LogP) is 4.36. The molecule has 50 heavy (non-hydrogen) atoms. The van der Waals surface area contributed by atoms with Gasteiger partial charge in [-0.3, -0.25) is 19.2 Å². The Balaban J connectivity index is 1.51. The smallest absolute Gasteiger partial charge is 0.306 e. The molecule has 3 saturated heterocycles. The zero-order valence-corrected chi connectivity index (χ0v) is 29.2. The number of anilines is 1. The van der Waals surface area contributed by atoms with Crippen LogP contribution in [0.3, 0.4) is 0 Å². The van der Waals surface area contributed by atoms with Crippen molar-refractivity contribution in [2.24, 2.45) is 17.8 Å². The maximum absolute atomic E-state index is 14.9. The van der Waals surface area contributed by atoms with Crippen molar-refractivity contribution in [3.05, 3.63) is 85.5 Å². The number of allylic oxidation sites excluding steroid dienone is 1. The number of esters is 1. The summed E-state index contributed by atoms with van der Waals surface area (Å²) >= 11 is 0. The van der Waals surface area contributed by atoms with Gasteiger partial charge >= 0.3 is 5.97 Å². The highest BCUT2D eigenvalue weighted by atomic mass is 16.5. The number of aliphatic hydroxyl groups excluding tert-OH is 1. The van der Waals surface area contributed by atoms with Crippen molar-refractivity contribution < 1.29 is 38.5 Å². The summed E-state index contributed by atoms with van der Waals surface area (Å²) in [6.45, 7) is 11.1. The van der Waals surface area contributed by atoms with Crippen LogP contribution in [0.2, 0.25) is 0 Å². The van der Waals surface area contributed by atoms with Gasteiger partial charge in [-0.15, -0.1) is 13.2 Å². The molecule has 3 amide bonds. The average molecular weight is 688 g/mol. The number of fused-ring (bicyclic) bond motifs is 1. The maximum atomic E-state index is 14.9. The lowest BCUT2D eigenvalue weighted by Gasteiger charge is -2.40. The van der Waals surface area contributed by atoms with Gasteiger partial charge in [0.05, 0.1) is 43.7 Å². The molecule has 0 unspecified atom stereocenters. The SMILES string of the molecule is C=CCCC(=O)OC[C@@H](NC(=O)[C@@H]1[C@@H]2CC[C@]3(O2)[C@H](C(=O)N(CC=C)c2ccc(OC)cc2)N([C@@H](CO)[C@@H](C)CC)C(=O)[C@@H]13)c1ccccc1. The normalized spacial score (nSPS) is 25.3. The summed E-state index contributed by atoms with van der Waals surface area (Å²) in [5.41, 5.74) is 0.0370. The van der Waals surface area contributed by atoms with Gasteiger partial charge in [0.1, 0.15) is 24.0 Å². The molecule has 11 heteroatoms. The van der Waals surface area contributed by atoms with Gasteiger partial charge in [-0.2, -0.15) is 0 Å². The topological polar surface area (TPSA) is 135 Å². The average Bonchev–Trinajstić information content (AvgIpc) is 3.79. The molecular weight excluding hydrogens is 638 g/mol. The number of carbonyl (C=O) groups excluding carboxylic acids is 4. The molecule has 2 bridgehead atoms. The number of hydrogen-bond donors (Lipinski definition) is 2. The van der Waals surface area contributed by atoms with Crippen LogP contribution < -0.4 is 15.0 Å². The molecule has 268 valence electrons. The third kappa shape index (κ3) is 6.93. The second-order valence-electron chi connectivity index (χ2n) is 13.4. The monoisotopic (exact) mass is 687 g/mol. The molecule has 2 N–H and O–H groups in total. The lowest BCUT2D eigenvalue weighted by Crippen LogP contribution is -2.60. The minimum Gasteiger partial charge on any atom is -0.497 e. The highest BCUT2D eigenvalue weighted by Gasteiger charge is 2.75. The summed E-state index contributed by atoms with van der Waals surface area (Å²) in [4.78, 5) is 59.5. The molecule has 5 rings (SSSR count). The highest BCUT2D eigenvalue weighted by Crippen LogP contribution is 2.59. The number of likely N-dealkylation sites (tertiary alicyclic amines) is 1. The number of carbonyl (C=O) groups is 4. The largest absolute Gasteiger partial charge is 0.497 e. The molecule has 1 spiro atoms. The van der Waals surface area contributed by atoms with Crippen molar-refractivity contribution in [1.29, 1.82) is 0 Å². The molecule has 3 heterocycles. The van der Waals surface area contributed by atoms with Crippen molar-refractivity contribution in [3.8, 4) is 5.75 Å². The van der Waals surface area contributed by atoms with Crippen molar-refractivity contribution in [3.63, 3.8) is 0 Å². The van der Waals surface area contributed by atoms with Crippen LogP contribution in [0.4, 0.5) is 5.69 Å². The zero-order chi connectivity index (χ0) is 36.0. The minimum atomic E-state index is -1.28. The van der Waals surface area contributed by atoms with E-state index in [0.717, 1.165) is 5.56 Å². The van der Waals surface area contributed by atoms with Gasteiger partial charge in [-0.05, 0) is 55.0 Å². The first-order valence-electron chi connectivity index (χ1n) is 17.4. The number of hydrogen-bond acceptors (Lipinski definition) is 8. The van der Waals surface area contributed by atoms with Crippen LogP contribution in [0, 0.1) is 17.8 Å². The zero-order valence-electron chi connectivity index (χ0n) is 29.2. The molecule has 2 aromatic carbocycles. The first-order valence-corrected chi connectivity index (χ1v) is 17.4. The third-order valence-corrected chi connectivity index (χ3v) is 10.6. The fourth-order valence-corrected chi connectivity index (χ4v) is 7.85. The van der Waals surface area contributed by atoms with Gasteiger partial charge in [0, 0.05) is 18.7 Å². The summed E-state index contributed by atoms with van der Waals surface area (Å²) in [5.74, 6) is -2.96. The predicted molar refractivity (Wildman–Crippen MR) is 188 cm³/mol. The van der Waals surface area contributed by atoms with Gasteiger partial charge in [-0.1, -0.05) is 62.8 Å². The van der Waals surface area contributed by atoms with Crippen LogP contribution in [0.5, 0.6) is 5.75 Å². The van der Waals surface area contributed by atoms with E-state index in [0.29, 0.717) is 37.1 Å².